The molecule has 0 aliphatic carbocycles. The molecule has 1 heterocycles. The predicted molar refractivity (Wildman–Crippen MR) is 73.9 cm³/mol. The van der Waals surface area contributed by atoms with Crippen LogP contribution in [0.4, 0.5) is 0 Å². The Morgan fingerprint density at radius 2 is 2.10 bits per heavy atom. The number of sulfonamides is 1. The van der Waals surface area contributed by atoms with Gasteiger partial charge in [0.1, 0.15) is 5.82 Å². The van der Waals surface area contributed by atoms with Crippen LogP contribution in [-0.4, -0.2) is 46.4 Å². The Morgan fingerprint density at radius 1 is 1.45 bits per heavy atom. The van der Waals surface area contributed by atoms with Crippen molar-refractivity contribution >= 4 is 16.0 Å². The molecule has 0 saturated carbocycles. The van der Waals surface area contributed by atoms with Crippen LogP contribution in [0, 0.1) is 6.92 Å². The molecule has 7 nitrogen and oxygen atoms in total. The average Bonchev–Trinajstić information content (AvgIpc) is 2.72. The molecule has 0 aromatic carbocycles. The van der Waals surface area contributed by atoms with Crippen molar-refractivity contribution in [3.05, 3.63) is 12.0 Å². The highest BCUT2D eigenvalue weighted by molar-refractivity contribution is 7.89. The number of carboxylic acids is 1. The maximum Gasteiger partial charge on any atom is 0.304 e. The molecule has 1 rings (SSSR count). The fourth-order valence-electron chi connectivity index (χ4n) is 1.87. The van der Waals surface area contributed by atoms with Crippen LogP contribution in [0.15, 0.2) is 11.2 Å². The van der Waals surface area contributed by atoms with Gasteiger partial charge in [-0.15, -0.1) is 0 Å². The molecule has 8 heteroatoms. The third-order valence-electron chi connectivity index (χ3n) is 2.95. The molecular weight excluding hydrogens is 282 g/mol. The van der Waals surface area contributed by atoms with E-state index in [9.17, 15) is 13.2 Å². The number of carboxylic acid groups (broad SMARTS) is 1. The molecule has 0 saturated heterocycles. The molecule has 114 valence electrons. The Morgan fingerprint density at radius 3 is 2.60 bits per heavy atom. The van der Waals surface area contributed by atoms with E-state index in [1.54, 1.807) is 18.4 Å². The Bertz CT molecular complexity index is 565. The molecule has 1 N–H and O–H groups in total. The second-order valence-electron chi connectivity index (χ2n) is 4.46. The quantitative estimate of drug-likeness (QED) is 0.776. The molecule has 0 atom stereocenters. The van der Waals surface area contributed by atoms with Crippen LogP contribution in [0.2, 0.25) is 0 Å². The molecule has 1 aromatic heterocycles. The Kier molecular flexibility index (Phi) is 5.70. The van der Waals surface area contributed by atoms with E-state index >= 15 is 0 Å². The summed E-state index contributed by atoms with van der Waals surface area (Å²) < 4.78 is 27.7. The fraction of sp³-hybridized carbons (Fsp3) is 0.667. The highest BCUT2D eigenvalue weighted by Crippen LogP contribution is 2.16. The van der Waals surface area contributed by atoms with Gasteiger partial charge in [-0.2, -0.15) is 4.31 Å². The zero-order valence-corrected chi connectivity index (χ0v) is 12.9. The maximum atomic E-state index is 12.4. The number of imidazole rings is 1. The lowest BCUT2D eigenvalue weighted by Crippen LogP contribution is -2.33. The van der Waals surface area contributed by atoms with Crippen molar-refractivity contribution < 1.29 is 18.3 Å². The normalized spacial score (nSPS) is 12.0. The zero-order chi connectivity index (χ0) is 15.3. The smallest absolute Gasteiger partial charge is 0.304 e. The number of nitrogens with zero attached hydrogens (tertiary/aromatic N) is 3. The first-order valence-electron chi connectivity index (χ1n) is 6.58. The van der Waals surface area contributed by atoms with Gasteiger partial charge in [0.25, 0.3) is 10.0 Å². The van der Waals surface area contributed by atoms with Crippen molar-refractivity contribution in [3.8, 4) is 0 Å². The van der Waals surface area contributed by atoms with Gasteiger partial charge in [-0.25, -0.2) is 13.4 Å². The average molecular weight is 303 g/mol. The molecule has 1 aromatic rings. The summed E-state index contributed by atoms with van der Waals surface area (Å²) in [7, 11) is -3.73. The largest absolute Gasteiger partial charge is 0.481 e. The number of aliphatic carboxylic acids is 1. The molecule has 0 unspecified atom stereocenters. The first kappa shape index (κ1) is 16.6. The van der Waals surface area contributed by atoms with Gasteiger partial charge >= 0.3 is 5.97 Å². The van der Waals surface area contributed by atoms with E-state index in [2.05, 4.69) is 4.98 Å². The number of hydrogen-bond donors (Lipinski definition) is 1. The van der Waals surface area contributed by atoms with Crippen molar-refractivity contribution in [3.63, 3.8) is 0 Å². The van der Waals surface area contributed by atoms with Crippen LogP contribution in [0.1, 0.15) is 32.5 Å². The Hall–Kier alpha value is -1.41. The van der Waals surface area contributed by atoms with Gasteiger partial charge in [0.05, 0.1) is 6.42 Å². The van der Waals surface area contributed by atoms with Crippen molar-refractivity contribution in [2.75, 3.05) is 13.1 Å². The van der Waals surface area contributed by atoms with Gasteiger partial charge in [0.15, 0.2) is 5.03 Å². The summed E-state index contributed by atoms with van der Waals surface area (Å²) in [5, 5.41) is 8.65. The van der Waals surface area contributed by atoms with E-state index in [4.69, 9.17) is 5.11 Å². The summed E-state index contributed by atoms with van der Waals surface area (Å²) >= 11 is 0. The zero-order valence-electron chi connectivity index (χ0n) is 12.0. The van der Waals surface area contributed by atoms with E-state index in [1.807, 2.05) is 6.92 Å². The maximum absolute atomic E-state index is 12.4. The minimum Gasteiger partial charge on any atom is -0.481 e. The number of aromatic nitrogens is 2. The summed E-state index contributed by atoms with van der Waals surface area (Å²) in [5.74, 6) is -0.383. The van der Waals surface area contributed by atoms with E-state index in [0.717, 1.165) is 10.7 Å². The number of rotatable bonds is 8. The molecule has 0 aliphatic heterocycles. The van der Waals surface area contributed by atoms with Crippen molar-refractivity contribution in [2.45, 2.75) is 45.2 Å². The van der Waals surface area contributed by atoms with Gasteiger partial charge < -0.3 is 9.67 Å². The second-order valence-corrected chi connectivity index (χ2v) is 6.35. The fourth-order valence-corrected chi connectivity index (χ4v) is 3.32. The van der Waals surface area contributed by atoms with Crippen LogP contribution in [0.3, 0.4) is 0 Å². The molecule has 0 aliphatic rings. The van der Waals surface area contributed by atoms with Gasteiger partial charge in [0, 0.05) is 25.8 Å². The van der Waals surface area contributed by atoms with E-state index in [1.165, 1.54) is 6.20 Å². The van der Waals surface area contributed by atoms with Crippen LogP contribution < -0.4 is 0 Å². The molecule has 0 fully saturated rings. The molecule has 0 bridgehead atoms. The molecule has 0 amide bonds. The van der Waals surface area contributed by atoms with Crippen molar-refractivity contribution in [1.82, 2.24) is 13.9 Å². The van der Waals surface area contributed by atoms with E-state index in [-0.39, 0.29) is 24.5 Å². The van der Waals surface area contributed by atoms with Crippen LogP contribution in [-0.2, 0) is 21.4 Å². The number of aryl methyl sites for hydroxylation is 2. The number of carbonyl (C=O) groups is 1. The van der Waals surface area contributed by atoms with Gasteiger partial charge in [-0.1, -0.05) is 13.8 Å². The predicted octanol–water partition coefficient (Wildman–Crippen LogP) is 1.09. The molecule has 0 spiro atoms. The van der Waals surface area contributed by atoms with Crippen molar-refractivity contribution in [2.24, 2.45) is 0 Å². The molecular formula is C12H21N3O4S. The highest BCUT2D eigenvalue weighted by Gasteiger charge is 2.26. The van der Waals surface area contributed by atoms with Gasteiger partial charge in [-0.05, 0) is 13.3 Å². The first-order chi connectivity index (χ1) is 9.32. The standard InChI is InChI=1S/C12H21N3O4S/c1-4-7-14-9-11(13-10(14)3)20(18,19)15(5-2)8-6-12(16)17/h9H,4-8H2,1-3H3,(H,16,17). The van der Waals surface area contributed by atoms with E-state index in [0.29, 0.717) is 12.4 Å². The van der Waals surface area contributed by atoms with Crippen LogP contribution in [0.25, 0.3) is 0 Å². The monoisotopic (exact) mass is 303 g/mol. The summed E-state index contributed by atoms with van der Waals surface area (Å²) in [6, 6.07) is 0. The highest BCUT2D eigenvalue weighted by atomic mass is 32.2. The number of hydrogen-bond acceptors (Lipinski definition) is 4. The van der Waals surface area contributed by atoms with Crippen LogP contribution >= 0.6 is 0 Å². The van der Waals surface area contributed by atoms with Gasteiger partial charge in [-0.3, -0.25) is 4.79 Å². The molecule has 0 radical (unpaired) electrons. The Balaban J connectivity index is 3.01. The molecule has 20 heavy (non-hydrogen) atoms. The summed E-state index contributed by atoms with van der Waals surface area (Å²) in [6.07, 6.45) is 2.17. The lowest BCUT2D eigenvalue weighted by molar-refractivity contribution is -0.137. The second kappa shape index (κ2) is 6.85. The SMILES string of the molecule is CCCn1cc(S(=O)(=O)N(CC)CCC(=O)O)nc1C. The van der Waals surface area contributed by atoms with Gasteiger partial charge in [0.2, 0.25) is 0 Å². The minimum absolute atomic E-state index is 0.0179. The topological polar surface area (TPSA) is 92.5 Å². The lowest BCUT2D eigenvalue weighted by atomic mass is 10.4. The lowest BCUT2D eigenvalue weighted by Gasteiger charge is -2.17. The van der Waals surface area contributed by atoms with Crippen LogP contribution in [0.5, 0.6) is 0 Å². The third-order valence-corrected chi connectivity index (χ3v) is 4.80. The third kappa shape index (κ3) is 3.80. The minimum atomic E-state index is -3.73. The first-order valence-corrected chi connectivity index (χ1v) is 8.02. The van der Waals surface area contributed by atoms with E-state index < -0.39 is 16.0 Å². The summed E-state index contributed by atoms with van der Waals surface area (Å²) in [5.41, 5.74) is 0. The van der Waals surface area contributed by atoms with Crippen molar-refractivity contribution in [1.29, 1.82) is 0 Å². The summed E-state index contributed by atoms with van der Waals surface area (Å²) in [6.45, 7) is 6.30. The summed E-state index contributed by atoms with van der Waals surface area (Å²) in [4.78, 5) is 14.7. The Labute approximate surface area is 119 Å².